The van der Waals surface area contributed by atoms with Crippen LogP contribution in [0.25, 0.3) is 11.2 Å². The number of amides is 1. The third kappa shape index (κ3) is 1.31. The van der Waals surface area contributed by atoms with Crippen molar-refractivity contribution < 1.29 is 4.79 Å². The number of H-pyrrole nitrogens is 1. The second kappa shape index (κ2) is 3.12. The molecule has 0 aliphatic heterocycles. The molecule has 5 N–H and O–H groups in total. The Morgan fingerprint density at radius 1 is 1.60 bits per heavy atom. The van der Waals surface area contributed by atoms with Crippen LogP contribution in [0.5, 0.6) is 0 Å². The van der Waals surface area contributed by atoms with Crippen LogP contribution in [0.4, 0.5) is 5.82 Å². The highest BCUT2D eigenvalue weighted by Gasteiger charge is 2.17. The maximum atomic E-state index is 11.1. The van der Waals surface area contributed by atoms with E-state index in [0.717, 1.165) is 6.20 Å². The van der Waals surface area contributed by atoms with Gasteiger partial charge in [-0.05, 0) is 0 Å². The summed E-state index contributed by atoms with van der Waals surface area (Å²) in [5.41, 5.74) is 11.1. The van der Waals surface area contributed by atoms with Crippen molar-refractivity contribution in [3.63, 3.8) is 0 Å². The summed E-state index contributed by atoms with van der Waals surface area (Å²) in [6, 6.07) is 0. The Bertz CT molecular complexity index is 614. The van der Waals surface area contributed by atoms with Crippen molar-refractivity contribution >= 4 is 39.4 Å². The molecule has 2 aromatic rings. The third-order valence-electron chi connectivity index (χ3n) is 2.02. The van der Waals surface area contributed by atoms with Gasteiger partial charge < -0.3 is 20.0 Å². The van der Waals surface area contributed by atoms with Crippen molar-refractivity contribution in [3.05, 3.63) is 22.1 Å². The van der Waals surface area contributed by atoms with Crippen LogP contribution in [-0.2, 0) is 0 Å². The fraction of sp³-hybridized carbons (Fsp3) is 0. The van der Waals surface area contributed by atoms with Crippen molar-refractivity contribution in [2.45, 2.75) is 0 Å². The zero-order valence-electron chi connectivity index (χ0n) is 7.52. The number of hydrogen-bond donors (Lipinski definition) is 3. The molecule has 74 valence electrons. The molecule has 0 aliphatic carbocycles. The molecule has 2 rings (SSSR count). The number of aromatic nitrogens is 3. The van der Waals surface area contributed by atoms with E-state index in [0.29, 0.717) is 5.65 Å². The van der Waals surface area contributed by atoms with E-state index in [-0.39, 0.29) is 16.9 Å². The standard InChI is InChI=1S/C7H7N5O2.Al/c8-5-3(6(9)14)4-7(12-5)10-1-2(13)11-4;/h1H,(H6,8,9,10,11,12,13,14);/q;+1/p-1. The van der Waals surface area contributed by atoms with Crippen molar-refractivity contribution in [3.8, 4) is 0 Å². The maximum absolute atomic E-state index is 11.1. The highest BCUT2D eigenvalue weighted by Crippen LogP contribution is 2.21. The summed E-state index contributed by atoms with van der Waals surface area (Å²) >= 11 is 2.28. The van der Waals surface area contributed by atoms with E-state index in [1.54, 1.807) is 0 Å². The number of anilines is 1. The number of carbonyl (C=O) groups excluding carboxylic acids is 1. The van der Waals surface area contributed by atoms with Gasteiger partial charge >= 0.3 is 16.5 Å². The van der Waals surface area contributed by atoms with Gasteiger partial charge in [0.2, 0.25) is 0 Å². The Morgan fingerprint density at radius 3 is 2.87 bits per heavy atom. The van der Waals surface area contributed by atoms with Gasteiger partial charge in [-0.15, -0.1) is 0 Å². The summed E-state index contributed by atoms with van der Waals surface area (Å²) in [6.45, 7) is 0. The monoisotopic (exact) mass is 219 g/mol. The van der Waals surface area contributed by atoms with Crippen LogP contribution in [0.3, 0.4) is 0 Å². The summed E-state index contributed by atoms with van der Waals surface area (Å²) in [5, 5.41) is 0. The molecule has 0 aliphatic rings. The van der Waals surface area contributed by atoms with Crippen LogP contribution < -0.4 is 17.0 Å². The Kier molecular flexibility index (Phi) is 2.03. The van der Waals surface area contributed by atoms with E-state index < -0.39 is 11.5 Å². The molecule has 1 amide bonds. The molecule has 0 bridgehead atoms. The quantitative estimate of drug-likeness (QED) is 0.497. The van der Waals surface area contributed by atoms with Gasteiger partial charge in [0.25, 0.3) is 11.5 Å². The van der Waals surface area contributed by atoms with Gasteiger partial charge in [0, 0.05) is 0 Å². The van der Waals surface area contributed by atoms with Gasteiger partial charge in [-0.2, -0.15) is 0 Å². The molecular formula is C7H6AlN5O2. The summed E-state index contributed by atoms with van der Waals surface area (Å²) < 4.78 is 1.41. The Hall–Kier alpha value is -1.78. The van der Waals surface area contributed by atoms with E-state index in [4.69, 9.17) is 11.5 Å². The summed E-state index contributed by atoms with van der Waals surface area (Å²) in [7, 11) is 0. The molecule has 2 aromatic heterocycles. The molecule has 2 heterocycles. The number of nitrogen functional groups attached to an aromatic ring is 1. The van der Waals surface area contributed by atoms with E-state index >= 15 is 0 Å². The van der Waals surface area contributed by atoms with E-state index in [1.807, 2.05) is 0 Å². The predicted molar refractivity (Wildman–Crippen MR) is 54.4 cm³/mol. The number of fused-ring (bicyclic) bond motifs is 1. The van der Waals surface area contributed by atoms with Crippen molar-refractivity contribution in [1.29, 1.82) is 0 Å². The molecule has 0 saturated heterocycles. The predicted octanol–water partition coefficient (Wildman–Crippen LogP) is -1.66. The number of nitrogens with two attached hydrogens (primary N) is 2. The fourth-order valence-electron chi connectivity index (χ4n) is 1.36. The number of nitrogens with one attached hydrogen (secondary N) is 1. The molecule has 7 nitrogen and oxygen atoms in total. The third-order valence-corrected chi connectivity index (χ3v) is 2.54. The first-order valence-corrected chi connectivity index (χ1v) is 4.48. The molecule has 0 atom stereocenters. The van der Waals surface area contributed by atoms with Gasteiger partial charge in [0.1, 0.15) is 11.2 Å². The lowest BCUT2D eigenvalue weighted by atomic mass is 10.3. The molecule has 0 unspecified atom stereocenters. The maximum Gasteiger partial charge on any atom is 0.323 e. The van der Waals surface area contributed by atoms with E-state index in [2.05, 4.69) is 26.5 Å². The molecule has 0 aromatic carbocycles. The van der Waals surface area contributed by atoms with Crippen LogP contribution in [0.15, 0.2) is 11.0 Å². The largest absolute Gasteiger partial charge is 0.423 e. The molecule has 0 fully saturated rings. The van der Waals surface area contributed by atoms with Crippen LogP contribution in [0.2, 0.25) is 0 Å². The Labute approximate surface area is 91.7 Å². The van der Waals surface area contributed by atoms with Crippen molar-refractivity contribution in [2.24, 2.45) is 5.73 Å². The van der Waals surface area contributed by atoms with Crippen molar-refractivity contribution in [1.82, 2.24) is 13.5 Å². The Balaban J connectivity index is 3.01. The molecule has 0 saturated carbocycles. The zero-order valence-corrected chi connectivity index (χ0v) is 8.68. The average Bonchev–Trinajstić information content (AvgIpc) is 2.39. The number of aromatic amines is 1. The van der Waals surface area contributed by atoms with Gasteiger partial charge in [-0.3, -0.25) is 9.59 Å². The second-order valence-electron chi connectivity index (χ2n) is 2.94. The van der Waals surface area contributed by atoms with E-state index in [9.17, 15) is 9.59 Å². The molecule has 2 radical (unpaired) electrons. The van der Waals surface area contributed by atoms with Crippen LogP contribution in [-0.4, -0.2) is 35.9 Å². The number of nitrogens with zero attached hydrogens (tertiary/aromatic N) is 2. The zero-order chi connectivity index (χ0) is 11.2. The van der Waals surface area contributed by atoms with Gasteiger partial charge in [0.05, 0.1) is 17.5 Å². The van der Waals surface area contributed by atoms with Crippen molar-refractivity contribution in [2.75, 3.05) is 5.73 Å². The smallest absolute Gasteiger partial charge is 0.323 e. The summed E-state index contributed by atoms with van der Waals surface area (Å²) in [6.07, 6.45) is 1.10. The average molecular weight is 219 g/mol. The second-order valence-corrected chi connectivity index (χ2v) is 3.46. The lowest BCUT2D eigenvalue weighted by Gasteiger charge is -1.98. The van der Waals surface area contributed by atoms with Crippen LogP contribution in [0, 0.1) is 0 Å². The highest BCUT2D eigenvalue weighted by molar-refractivity contribution is 6.18. The number of primary amides is 1. The first-order valence-electron chi connectivity index (χ1n) is 3.96. The highest BCUT2D eigenvalue weighted by atomic mass is 27.1. The number of rotatable bonds is 1. The minimum atomic E-state index is -0.706. The molecular weight excluding hydrogens is 213 g/mol. The summed E-state index contributed by atoms with van der Waals surface area (Å²) in [5.74, 6) is -0.556. The van der Waals surface area contributed by atoms with Crippen LogP contribution in [0.1, 0.15) is 10.4 Å². The van der Waals surface area contributed by atoms with Gasteiger partial charge in [-0.1, -0.05) is 0 Å². The minimum absolute atomic E-state index is 0.0743. The number of hydrogen-bond acceptors (Lipinski definition) is 4. The van der Waals surface area contributed by atoms with E-state index in [1.165, 1.54) is 3.55 Å². The van der Waals surface area contributed by atoms with Gasteiger partial charge in [0.15, 0.2) is 0 Å². The first kappa shape index (κ1) is 9.77. The topological polar surface area (TPSA) is 120 Å². The number of carbonyl (C=O) groups is 1. The molecule has 0 spiro atoms. The molecule has 8 heteroatoms. The van der Waals surface area contributed by atoms with Crippen LogP contribution >= 0.6 is 0 Å². The lowest BCUT2D eigenvalue weighted by Crippen LogP contribution is -2.14. The summed E-state index contributed by atoms with van der Waals surface area (Å²) in [4.78, 5) is 28.5. The normalized spacial score (nSPS) is 10.7. The fourth-order valence-corrected chi connectivity index (χ4v) is 1.69. The lowest BCUT2D eigenvalue weighted by molar-refractivity contribution is 0.100. The Morgan fingerprint density at radius 2 is 2.27 bits per heavy atom. The SMILES string of the molecule is NC(=O)c1c(N)[n]([Al])c2ncc(=O)[nH]c12. The first-order chi connectivity index (χ1) is 7.02. The minimum Gasteiger partial charge on any atom is -0.423 e. The molecule has 15 heavy (non-hydrogen) atoms. The van der Waals surface area contributed by atoms with Gasteiger partial charge in [-0.25, -0.2) is 4.98 Å².